The predicted molar refractivity (Wildman–Crippen MR) is 85.2 cm³/mol. The molecule has 0 aromatic heterocycles. The number of carbonyl (C=O) groups is 2. The minimum absolute atomic E-state index is 0.0701. The summed E-state index contributed by atoms with van der Waals surface area (Å²) in [4.78, 5) is 29.0. The fraction of sp³-hybridized carbons (Fsp3) is 0.500. The zero-order valence-corrected chi connectivity index (χ0v) is 13.9. The van der Waals surface area contributed by atoms with Gasteiger partial charge < -0.3 is 4.90 Å². The van der Waals surface area contributed by atoms with E-state index in [0.29, 0.717) is 6.42 Å². The van der Waals surface area contributed by atoms with Crippen molar-refractivity contribution in [3.63, 3.8) is 0 Å². The predicted octanol–water partition coefficient (Wildman–Crippen LogP) is 2.87. The average Bonchev–Trinajstić information content (AvgIpc) is 2.95. The van der Waals surface area contributed by atoms with E-state index in [1.54, 1.807) is 9.80 Å². The minimum Gasteiger partial charge on any atom is -0.329 e. The quantitative estimate of drug-likeness (QED) is 0.822. The molecule has 0 bridgehead atoms. The van der Waals surface area contributed by atoms with Crippen LogP contribution in [-0.4, -0.2) is 35.3 Å². The summed E-state index contributed by atoms with van der Waals surface area (Å²) in [6.07, 6.45) is 2.35. The highest BCUT2D eigenvalue weighted by Gasteiger charge is 2.47. The lowest BCUT2D eigenvalue weighted by atomic mass is 10.0. The van der Waals surface area contributed by atoms with Gasteiger partial charge in [0.05, 0.1) is 0 Å². The van der Waals surface area contributed by atoms with Gasteiger partial charge in [-0.15, -0.1) is 0 Å². The summed E-state index contributed by atoms with van der Waals surface area (Å²) in [6.45, 7) is 4.68. The lowest BCUT2D eigenvalue weighted by Crippen LogP contribution is -2.63. The van der Waals surface area contributed by atoms with Crippen LogP contribution in [0.4, 0.5) is 5.69 Å². The SMILES string of the molecule is CCC1C(=O)N2CCCC2C(=O)N1c1ccc(Br)c(C)c1. The van der Waals surface area contributed by atoms with E-state index >= 15 is 0 Å². The molecule has 5 heteroatoms. The molecule has 2 atom stereocenters. The number of nitrogens with zero attached hydrogens (tertiary/aromatic N) is 2. The van der Waals surface area contributed by atoms with Gasteiger partial charge in [0.25, 0.3) is 5.91 Å². The number of halogens is 1. The first-order chi connectivity index (χ1) is 10.0. The molecule has 4 nitrogen and oxygen atoms in total. The highest BCUT2D eigenvalue weighted by molar-refractivity contribution is 9.10. The van der Waals surface area contributed by atoms with Gasteiger partial charge >= 0.3 is 0 Å². The van der Waals surface area contributed by atoms with Crippen LogP contribution in [0.5, 0.6) is 0 Å². The highest BCUT2D eigenvalue weighted by atomic mass is 79.9. The molecule has 1 aromatic carbocycles. The van der Waals surface area contributed by atoms with Gasteiger partial charge in [0.1, 0.15) is 12.1 Å². The fourth-order valence-electron chi connectivity index (χ4n) is 3.35. The topological polar surface area (TPSA) is 40.6 Å². The number of rotatable bonds is 2. The summed E-state index contributed by atoms with van der Waals surface area (Å²) >= 11 is 3.48. The van der Waals surface area contributed by atoms with Crippen molar-refractivity contribution in [1.29, 1.82) is 0 Å². The second-order valence-electron chi connectivity index (χ2n) is 5.76. The van der Waals surface area contributed by atoms with Crippen molar-refractivity contribution in [1.82, 2.24) is 4.90 Å². The molecule has 112 valence electrons. The molecular formula is C16H19BrN2O2. The van der Waals surface area contributed by atoms with E-state index in [4.69, 9.17) is 0 Å². The molecule has 2 heterocycles. The Kier molecular flexibility index (Phi) is 3.78. The van der Waals surface area contributed by atoms with Gasteiger partial charge in [-0.2, -0.15) is 0 Å². The Balaban J connectivity index is 2.03. The highest BCUT2D eigenvalue weighted by Crippen LogP contribution is 2.33. The third-order valence-electron chi connectivity index (χ3n) is 4.46. The normalized spacial score (nSPS) is 25.5. The van der Waals surface area contributed by atoms with Gasteiger partial charge in [0.15, 0.2) is 0 Å². The summed E-state index contributed by atoms with van der Waals surface area (Å²) in [5, 5.41) is 0. The zero-order chi connectivity index (χ0) is 15.1. The van der Waals surface area contributed by atoms with E-state index in [2.05, 4.69) is 15.9 Å². The second kappa shape index (κ2) is 5.44. The third-order valence-corrected chi connectivity index (χ3v) is 5.35. The van der Waals surface area contributed by atoms with Gasteiger partial charge in [0.2, 0.25) is 5.91 Å². The first kappa shape index (κ1) is 14.6. The van der Waals surface area contributed by atoms with E-state index < -0.39 is 0 Å². The fourth-order valence-corrected chi connectivity index (χ4v) is 3.59. The van der Waals surface area contributed by atoms with Crippen molar-refractivity contribution in [3.8, 4) is 0 Å². The summed E-state index contributed by atoms with van der Waals surface area (Å²) in [7, 11) is 0. The molecule has 0 N–H and O–H groups in total. The van der Waals surface area contributed by atoms with Crippen LogP contribution in [0.3, 0.4) is 0 Å². The molecule has 2 amide bonds. The van der Waals surface area contributed by atoms with Gasteiger partial charge in [0, 0.05) is 16.7 Å². The van der Waals surface area contributed by atoms with E-state index in [9.17, 15) is 9.59 Å². The standard InChI is InChI=1S/C16H19BrN2O2/c1-3-13-15(20)18-8-4-5-14(18)16(21)19(13)11-6-7-12(17)10(2)9-11/h6-7,9,13-14H,3-5,8H2,1-2H3. The molecule has 1 aromatic rings. The molecule has 0 radical (unpaired) electrons. The van der Waals surface area contributed by atoms with Crippen molar-refractivity contribution in [2.45, 2.75) is 45.2 Å². The van der Waals surface area contributed by atoms with E-state index in [1.165, 1.54) is 0 Å². The van der Waals surface area contributed by atoms with Crippen LogP contribution in [0.15, 0.2) is 22.7 Å². The Hall–Kier alpha value is -1.36. The van der Waals surface area contributed by atoms with Crippen LogP contribution >= 0.6 is 15.9 Å². The van der Waals surface area contributed by atoms with Crippen LogP contribution in [0, 0.1) is 6.92 Å². The maximum Gasteiger partial charge on any atom is 0.250 e. The van der Waals surface area contributed by atoms with Gasteiger partial charge in [-0.3, -0.25) is 14.5 Å². The van der Waals surface area contributed by atoms with Crippen molar-refractivity contribution in [2.75, 3.05) is 11.4 Å². The molecule has 0 aliphatic carbocycles. The molecule has 2 unspecified atom stereocenters. The smallest absolute Gasteiger partial charge is 0.250 e. The zero-order valence-electron chi connectivity index (χ0n) is 12.3. The maximum absolute atomic E-state index is 12.8. The average molecular weight is 351 g/mol. The lowest BCUT2D eigenvalue weighted by molar-refractivity contribution is -0.144. The Morgan fingerprint density at radius 1 is 1.29 bits per heavy atom. The summed E-state index contributed by atoms with van der Waals surface area (Å²) in [6, 6.07) is 5.20. The molecule has 21 heavy (non-hydrogen) atoms. The molecule has 2 fully saturated rings. The lowest BCUT2D eigenvalue weighted by Gasteiger charge is -2.42. The number of hydrogen-bond acceptors (Lipinski definition) is 2. The molecular weight excluding hydrogens is 332 g/mol. The van der Waals surface area contributed by atoms with Crippen LogP contribution in [0.1, 0.15) is 31.7 Å². The molecule has 3 rings (SSSR count). The molecule has 0 spiro atoms. The molecule has 2 aliphatic rings. The number of hydrogen-bond donors (Lipinski definition) is 0. The number of aryl methyl sites for hydroxylation is 1. The number of benzene rings is 1. The largest absolute Gasteiger partial charge is 0.329 e. The van der Waals surface area contributed by atoms with E-state index in [-0.39, 0.29) is 23.9 Å². The summed E-state index contributed by atoms with van der Waals surface area (Å²) in [5.41, 5.74) is 1.89. The van der Waals surface area contributed by atoms with E-state index in [0.717, 1.165) is 35.1 Å². The Bertz CT molecular complexity index is 602. The number of carbonyl (C=O) groups excluding carboxylic acids is 2. The van der Waals surface area contributed by atoms with Crippen LogP contribution < -0.4 is 4.90 Å². The molecule has 2 saturated heterocycles. The Labute approximate surface area is 133 Å². The number of fused-ring (bicyclic) bond motifs is 1. The first-order valence-electron chi connectivity index (χ1n) is 7.44. The van der Waals surface area contributed by atoms with Gasteiger partial charge in [-0.05, 0) is 49.9 Å². The van der Waals surface area contributed by atoms with Crippen molar-refractivity contribution in [2.24, 2.45) is 0 Å². The van der Waals surface area contributed by atoms with Gasteiger partial charge in [-0.1, -0.05) is 22.9 Å². The maximum atomic E-state index is 12.8. The molecule has 0 saturated carbocycles. The Morgan fingerprint density at radius 2 is 2.05 bits per heavy atom. The van der Waals surface area contributed by atoms with Gasteiger partial charge in [-0.25, -0.2) is 0 Å². The summed E-state index contributed by atoms with van der Waals surface area (Å²) in [5.74, 6) is 0.167. The van der Waals surface area contributed by atoms with Crippen LogP contribution in [0.25, 0.3) is 0 Å². The Morgan fingerprint density at radius 3 is 2.71 bits per heavy atom. The number of amides is 2. The first-order valence-corrected chi connectivity index (χ1v) is 8.23. The number of anilines is 1. The van der Waals surface area contributed by atoms with E-state index in [1.807, 2.05) is 32.0 Å². The minimum atomic E-state index is -0.368. The van der Waals surface area contributed by atoms with Crippen molar-refractivity contribution >= 4 is 33.4 Å². The van der Waals surface area contributed by atoms with Crippen molar-refractivity contribution in [3.05, 3.63) is 28.2 Å². The molecule has 2 aliphatic heterocycles. The van der Waals surface area contributed by atoms with Crippen LogP contribution in [0.2, 0.25) is 0 Å². The third kappa shape index (κ3) is 2.27. The second-order valence-corrected chi connectivity index (χ2v) is 6.61. The van der Waals surface area contributed by atoms with Crippen LogP contribution in [-0.2, 0) is 9.59 Å². The number of piperazine rings is 1. The van der Waals surface area contributed by atoms with Crippen molar-refractivity contribution < 1.29 is 9.59 Å². The summed E-state index contributed by atoms with van der Waals surface area (Å²) < 4.78 is 1.01. The monoisotopic (exact) mass is 350 g/mol.